The van der Waals surface area contributed by atoms with Crippen LogP contribution < -0.4 is 5.32 Å². The van der Waals surface area contributed by atoms with Crippen LogP contribution in [0.3, 0.4) is 0 Å². The van der Waals surface area contributed by atoms with Gasteiger partial charge in [-0.05, 0) is 37.1 Å². The van der Waals surface area contributed by atoms with Gasteiger partial charge in [-0.15, -0.1) is 0 Å². The van der Waals surface area contributed by atoms with Gasteiger partial charge in [0.2, 0.25) is 0 Å². The van der Waals surface area contributed by atoms with Gasteiger partial charge in [0, 0.05) is 16.8 Å². The highest BCUT2D eigenvalue weighted by molar-refractivity contribution is 6.36. The van der Waals surface area contributed by atoms with Crippen LogP contribution in [0, 0.1) is 6.92 Å². The third kappa shape index (κ3) is 4.09. The summed E-state index contributed by atoms with van der Waals surface area (Å²) in [6.45, 7) is 3.93. The van der Waals surface area contributed by atoms with E-state index in [2.05, 4.69) is 19.8 Å². The first kappa shape index (κ1) is 18.7. The minimum atomic E-state index is -0.687. The fourth-order valence-electron chi connectivity index (χ4n) is 2.46. The number of anilines is 1. The molecular formula is C18H19ClN2O4. The molecule has 0 amide bonds. The van der Waals surface area contributed by atoms with Crippen molar-refractivity contribution in [1.82, 2.24) is 4.98 Å². The van der Waals surface area contributed by atoms with Gasteiger partial charge >= 0.3 is 11.9 Å². The van der Waals surface area contributed by atoms with E-state index in [1.807, 2.05) is 13.8 Å². The van der Waals surface area contributed by atoms with Crippen LogP contribution in [0.2, 0.25) is 5.02 Å². The zero-order valence-electron chi connectivity index (χ0n) is 14.5. The quantitative estimate of drug-likeness (QED) is 0.648. The second kappa shape index (κ2) is 7.98. The van der Waals surface area contributed by atoms with Crippen LogP contribution in [0.15, 0.2) is 30.0 Å². The molecule has 0 aliphatic carbocycles. The van der Waals surface area contributed by atoms with Gasteiger partial charge < -0.3 is 14.8 Å². The zero-order valence-corrected chi connectivity index (χ0v) is 15.2. The van der Waals surface area contributed by atoms with Crippen LogP contribution in [-0.2, 0) is 25.5 Å². The molecule has 0 aliphatic heterocycles. The summed E-state index contributed by atoms with van der Waals surface area (Å²) >= 11 is 6.50. The van der Waals surface area contributed by atoms with Gasteiger partial charge in [0.15, 0.2) is 0 Å². The summed E-state index contributed by atoms with van der Waals surface area (Å²) < 4.78 is 9.23. The van der Waals surface area contributed by atoms with E-state index in [1.54, 1.807) is 18.2 Å². The number of aryl methyl sites for hydroxylation is 1. The van der Waals surface area contributed by atoms with Gasteiger partial charge in [-0.1, -0.05) is 18.5 Å². The Morgan fingerprint density at radius 2 is 2.00 bits per heavy atom. The summed E-state index contributed by atoms with van der Waals surface area (Å²) in [5, 5.41) is 4.26. The maximum atomic E-state index is 11.8. The first-order valence-electron chi connectivity index (χ1n) is 7.65. The minimum absolute atomic E-state index is 0.0411. The molecule has 0 bridgehead atoms. The number of carbonyl (C=O) groups is 2. The fourth-order valence-corrected chi connectivity index (χ4v) is 2.88. The third-order valence-corrected chi connectivity index (χ3v) is 4.16. The maximum absolute atomic E-state index is 11.8. The number of hydrogen-bond donors (Lipinski definition) is 1. The molecule has 0 spiro atoms. The Morgan fingerprint density at radius 3 is 2.60 bits per heavy atom. The number of carbonyl (C=O) groups excluding carboxylic acids is 2. The molecule has 1 aromatic heterocycles. The van der Waals surface area contributed by atoms with Crippen molar-refractivity contribution in [2.75, 3.05) is 19.5 Å². The molecule has 6 nitrogen and oxygen atoms in total. The van der Waals surface area contributed by atoms with Crippen LogP contribution in [0.4, 0.5) is 5.69 Å². The molecule has 0 atom stereocenters. The Kier molecular flexibility index (Phi) is 5.98. The van der Waals surface area contributed by atoms with Crippen LogP contribution in [-0.4, -0.2) is 31.1 Å². The number of fused-ring (bicyclic) bond motifs is 1. The van der Waals surface area contributed by atoms with Crippen molar-refractivity contribution in [2.45, 2.75) is 20.3 Å². The van der Waals surface area contributed by atoms with Gasteiger partial charge in [0.05, 0.1) is 30.8 Å². The summed E-state index contributed by atoms with van der Waals surface area (Å²) in [5.41, 5.74) is 3.15. The number of nitrogens with zero attached hydrogens (tertiary/aromatic N) is 1. The van der Waals surface area contributed by atoms with Crippen LogP contribution in [0.25, 0.3) is 10.9 Å². The Balaban J connectivity index is 2.48. The van der Waals surface area contributed by atoms with Crippen molar-refractivity contribution in [1.29, 1.82) is 0 Å². The van der Waals surface area contributed by atoms with Crippen molar-refractivity contribution in [3.8, 4) is 0 Å². The molecular weight excluding hydrogens is 344 g/mol. The van der Waals surface area contributed by atoms with E-state index >= 15 is 0 Å². The first-order valence-corrected chi connectivity index (χ1v) is 8.02. The Bertz CT molecular complexity index is 862. The van der Waals surface area contributed by atoms with Crippen molar-refractivity contribution in [3.05, 3.63) is 46.3 Å². The van der Waals surface area contributed by atoms with Gasteiger partial charge in [0.1, 0.15) is 5.70 Å². The average molecular weight is 363 g/mol. The molecule has 0 radical (unpaired) electrons. The lowest BCUT2D eigenvalue weighted by molar-refractivity contribution is -0.138. The number of methoxy groups -OCH3 is 2. The maximum Gasteiger partial charge on any atom is 0.354 e. The molecule has 0 unspecified atom stereocenters. The molecule has 0 aliphatic rings. The lowest BCUT2D eigenvalue weighted by Crippen LogP contribution is -2.15. The summed E-state index contributed by atoms with van der Waals surface area (Å²) in [6.07, 6.45) is 1.80. The van der Waals surface area contributed by atoms with Crippen molar-refractivity contribution in [3.63, 3.8) is 0 Å². The van der Waals surface area contributed by atoms with E-state index < -0.39 is 11.9 Å². The molecule has 132 valence electrons. The third-order valence-electron chi connectivity index (χ3n) is 3.72. The lowest BCUT2D eigenvalue weighted by Gasteiger charge is -2.12. The number of aromatic nitrogens is 1. The second-order valence-corrected chi connectivity index (χ2v) is 5.65. The lowest BCUT2D eigenvalue weighted by atomic mass is 10.1. The molecule has 7 heteroatoms. The number of nitrogens with one attached hydrogen (secondary N) is 1. The molecule has 0 fully saturated rings. The Labute approximate surface area is 150 Å². The number of rotatable bonds is 5. The van der Waals surface area contributed by atoms with E-state index in [0.29, 0.717) is 10.7 Å². The Morgan fingerprint density at radius 1 is 1.28 bits per heavy atom. The number of halogens is 1. The van der Waals surface area contributed by atoms with Gasteiger partial charge in [-0.2, -0.15) is 0 Å². The summed E-state index contributed by atoms with van der Waals surface area (Å²) in [4.78, 5) is 27.8. The van der Waals surface area contributed by atoms with Gasteiger partial charge in [-0.3, -0.25) is 4.98 Å². The van der Waals surface area contributed by atoms with E-state index in [-0.39, 0.29) is 5.70 Å². The van der Waals surface area contributed by atoms with E-state index in [1.165, 1.54) is 14.2 Å². The molecule has 1 N–H and O–H groups in total. The standard InChI is InChI=1S/C18H19ClN2O4/c1-5-12-10(2)20-14-7-6-11(8-13(14)17(12)19)21-15(18(23)25-4)9-16(22)24-3/h6-9,21H,5H2,1-4H3/b15-9+. The topological polar surface area (TPSA) is 77.5 Å². The molecule has 1 heterocycles. The number of benzene rings is 1. The Hall–Kier alpha value is -2.60. The predicted octanol–water partition coefficient (Wildman–Crippen LogP) is 3.40. The summed E-state index contributed by atoms with van der Waals surface area (Å²) in [6, 6.07) is 5.31. The minimum Gasteiger partial charge on any atom is -0.466 e. The summed E-state index contributed by atoms with van der Waals surface area (Å²) in [5.74, 6) is -1.36. The molecule has 2 aromatic rings. The smallest absolute Gasteiger partial charge is 0.354 e. The van der Waals surface area contributed by atoms with Crippen molar-refractivity contribution >= 4 is 40.1 Å². The van der Waals surface area contributed by atoms with Gasteiger partial charge in [-0.25, -0.2) is 9.59 Å². The molecule has 0 saturated heterocycles. The molecule has 25 heavy (non-hydrogen) atoms. The van der Waals surface area contributed by atoms with E-state index in [0.717, 1.165) is 34.7 Å². The van der Waals surface area contributed by atoms with E-state index in [9.17, 15) is 9.59 Å². The van der Waals surface area contributed by atoms with Crippen molar-refractivity contribution < 1.29 is 19.1 Å². The first-order chi connectivity index (χ1) is 11.9. The number of esters is 2. The molecule has 2 rings (SSSR count). The highest BCUT2D eigenvalue weighted by Gasteiger charge is 2.14. The summed E-state index contributed by atoms with van der Waals surface area (Å²) in [7, 11) is 2.45. The highest BCUT2D eigenvalue weighted by atomic mass is 35.5. The van der Waals surface area contributed by atoms with Crippen molar-refractivity contribution in [2.24, 2.45) is 0 Å². The average Bonchev–Trinajstić information content (AvgIpc) is 2.61. The van der Waals surface area contributed by atoms with Crippen LogP contribution in [0.1, 0.15) is 18.2 Å². The number of pyridine rings is 1. The van der Waals surface area contributed by atoms with Crippen LogP contribution >= 0.6 is 11.6 Å². The normalized spacial score (nSPS) is 11.3. The monoisotopic (exact) mass is 362 g/mol. The van der Waals surface area contributed by atoms with Crippen LogP contribution in [0.5, 0.6) is 0 Å². The number of ether oxygens (including phenoxy) is 2. The number of hydrogen-bond acceptors (Lipinski definition) is 6. The van der Waals surface area contributed by atoms with E-state index in [4.69, 9.17) is 11.6 Å². The largest absolute Gasteiger partial charge is 0.466 e. The zero-order chi connectivity index (χ0) is 18.6. The molecule has 0 saturated carbocycles. The fraction of sp³-hybridized carbons (Fsp3) is 0.278. The predicted molar refractivity (Wildman–Crippen MR) is 96.6 cm³/mol. The highest BCUT2D eigenvalue weighted by Crippen LogP contribution is 2.30. The second-order valence-electron chi connectivity index (χ2n) is 5.27. The van der Waals surface area contributed by atoms with Gasteiger partial charge in [0.25, 0.3) is 0 Å². The molecule has 1 aromatic carbocycles. The SMILES string of the molecule is CCc1c(C)nc2ccc(N/C(=C/C(=O)OC)C(=O)OC)cc2c1Cl.